The average Bonchev–Trinajstić information content (AvgIpc) is 2.46. The van der Waals surface area contributed by atoms with Gasteiger partial charge in [0.2, 0.25) is 0 Å². The molecule has 0 N–H and O–H groups in total. The fraction of sp³-hybridized carbons (Fsp3) is 0.200. The number of nitrogens with zero attached hydrogens (tertiary/aromatic N) is 1. The Morgan fingerprint density at radius 1 is 1.13 bits per heavy atom. The number of ether oxygens (including phenoxy) is 2. The van der Waals surface area contributed by atoms with E-state index in [9.17, 15) is 23.3 Å². The SMILES string of the molecule is COc1cc([N+](=O)[O-])cc(-c2ccc(OC(F)(F)F)cc2)c1C. The summed E-state index contributed by atoms with van der Waals surface area (Å²) in [5.41, 5.74) is 1.48. The van der Waals surface area contributed by atoms with Crippen LogP contribution in [-0.2, 0) is 0 Å². The van der Waals surface area contributed by atoms with Crippen molar-refractivity contribution in [2.24, 2.45) is 0 Å². The van der Waals surface area contributed by atoms with Gasteiger partial charge in [-0.2, -0.15) is 0 Å². The lowest BCUT2D eigenvalue weighted by Crippen LogP contribution is -2.16. The first-order valence-corrected chi connectivity index (χ1v) is 6.40. The van der Waals surface area contributed by atoms with E-state index < -0.39 is 11.3 Å². The largest absolute Gasteiger partial charge is 0.573 e. The van der Waals surface area contributed by atoms with E-state index in [4.69, 9.17) is 4.74 Å². The molecule has 0 saturated heterocycles. The first-order chi connectivity index (χ1) is 10.7. The lowest BCUT2D eigenvalue weighted by molar-refractivity contribution is -0.384. The molecule has 0 aromatic heterocycles. The maximum absolute atomic E-state index is 12.2. The minimum atomic E-state index is -4.77. The van der Waals surface area contributed by atoms with Crippen LogP contribution in [0.15, 0.2) is 36.4 Å². The van der Waals surface area contributed by atoms with E-state index in [1.54, 1.807) is 6.92 Å². The highest BCUT2D eigenvalue weighted by Crippen LogP contribution is 2.35. The van der Waals surface area contributed by atoms with Gasteiger partial charge in [0.05, 0.1) is 18.1 Å². The average molecular weight is 327 g/mol. The predicted molar refractivity (Wildman–Crippen MR) is 76.5 cm³/mol. The third-order valence-corrected chi connectivity index (χ3v) is 3.17. The van der Waals surface area contributed by atoms with Crippen LogP contribution in [0.5, 0.6) is 11.5 Å². The third-order valence-electron chi connectivity index (χ3n) is 3.17. The smallest absolute Gasteiger partial charge is 0.496 e. The second-order valence-electron chi connectivity index (χ2n) is 4.65. The molecule has 0 radical (unpaired) electrons. The molecule has 0 atom stereocenters. The molecule has 0 bridgehead atoms. The summed E-state index contributed by atoms with van der Waals surface area (Å²) < 4.78 is 45.4. The van der Waals surface area contributed by atoms with Gasteiger partial charge in [0.25, 0.3) is 5.69 Å². The molecule has 23 heavy (non-hydrogen) atoms. The van der Waals surface area contributed by atoms with Crippen molar-refractivity contribution in [2.75, 3.05) is 7.11 Å². The fourth-order valence-corrected chi connectivity index (χ4v) is 2.13. The third kappa shape index (κ3) is 3.91. The lowest BCUT2D eigenvalue weighted by atomic mass is 9.99. The summed E-state index contributed by atoms with van der Waals surface area (Å²) in [6.45, 7) is 1.71. The summed E-state index contributed by atoms with van der Waals surface area (Å²) in [6.07, 6.45) is -4.77. The minimum absolute atomic E-state index is 0.168. The van der Waals surface area contributed by atoms with Gasteiger partial charge in [0, 0.05) is 6.07 Å². The van der Waals surface area contributed by atoms with Crippen LogP contribution in [0.25, 0.3) is 11.1 Å². The number of halogens is 3. The summed E-state index contributed by atoms with van der Waals surface area (Å²) >= 11 is 0. The summed E-state index contributed by atoms with van der Waals surface area (Å²) in [6, 6.07) is 7.72. The Bertz CT molecular complexity index is 727. The first kappa shape index (κ1) is 16.6. The number of non-ortho nitro benzene ring substituents is 1. The zero-order chi connectivity index (χ0) is 17.2. The van der Waals surface area contributed by atoms with Gasteiger partial charge < -0.3 is 9.47 Å². The molecule has 5 nitrogen and oxygen atoms in total. The molecule has 0 aliphatic rings. The van der Waals surface area contributed by atoms with Crippen LogP contribution in [0.2, 0.25) is 0 Å². The summed E-state index contributed by atoms with van der Waals surface area (Å²) in [5, 5.41) is 11.0. The normalized spacial score (nSPS) is 11.2. The molecule has 2 aromatic carbocycles. The Hall–Kier alpha value is -2.77. The molecular weight excluding hydrogens is 315 g/mol. The van der Waals surface area contributed by atoms with Crippen molar-refractivity contribution in [1.82, 2.24) is 0 Å². The van der Waals surface area contributed by atoms with Gasteiger partial charge in [-0.3, -0.25) is 10.1 Å². The molecule has 2 aromatic rings. The van der Waals surface area contributed by atoms with Crippen LogP contribution in [0.1, 0.15) is 5.56 Å². The fourth-order valence-electron chi connectivity index (χ4n) is 2.13. The van der Waals surface area contributed by atoms with E-state index in [1.807, 2.05) is 0 Å². The molecule has 0 aliphatic carbocycles. The summed E-state index contributed by atoms with van der Waals surface area (Å²) in [7, 11) is 1.39. The van der Waals surface area contributed by atoms with Crippen molar-refractivity contribution < 1.29 is 27.6 Å². The van der Waals surface area contributed by atoms with Gasteiger partial charge in [-0.05, 0) is 35.7 Å². The zero-order valence-corrected chi connectivity index (χ0v) is 12.2. The quantitative estimate of drug-likeness (QED) is 0.614. The number of nitro benzene ring substituents is 1. The van der Waals surface area contributed by atoms with Gasteiger partial charge in [-0.15, -0.1) is 13.2 Å². The molecule has 2 rings (SSSR count). The number of alkyl halides is 3. The van der Waals surface area contributed by atoms with Crippen molar-refractivity contribution in [3.05, 3.63) is 52.1 Å². The molecule has 0 unspecified atom stereocenters. The van der Waals surface area contributed by atoms with E-state index in [2.05, 4.69) is 4.74 Å². The van der Waals surface area contributed by atoms with Gasteiger partial charge in [-0.25, -0.2) is 0 Å². The number of rotatable bonds is 4. The van der Waals surface area contributed by atoms with Crippen LogP contribution in [0.4, 0.5) is 18.9 Å². The van der Waals surface area contributed by atoms with E-state index in [-0.39, 0.29) is 11.4 Å². The zero-order valence-electron chi connectivity index (χ0n) is 12.2. The van der Waals surface area contributed by atoms with Crippen LogP contribution >= 0.6 is 0 Å². The molecule has 122 valence electrons. The second-order valence-corrected chi connectivity index (χ2v) is 4.65. The van der Waals surface area contributed by atoms with Crippen LogP contribution in [-0.4, -0.2) is 18.4 Å². The maximum Gasteiger partial charge on any atom is 0.573 e. The lowest BCUT2D eigenvalue weighted by Gasteiger charge is -2.12. The molecule has 8 heteroatoms. The van der Waals surface area contributed by atoms with Gasteiger partial charge in [-0.1, -0.05) is 12.1 Å². The molecule has 0 spiro atoms. The number of hydrogen-bond donors (Lipinski definition) is 0. The van der Waals surface area contributed by atoms with E-state index in [0.29, 0.717) is 22.4 Å². The monoisotopic (exact) mass is 327 g/mol. The molecule has 0 aliphatic heterocycles. The van der Waals surface area contributed by atoms with Crippen molar-refractivity contribution >= 4 is 5.69 Å². The molecule has 0 fully saturated rings. The van der Waals surface area contributed by atoms with E-state index >= 15 is 0 Å². The van der Waals surface area contributed by atoms with Crippen molar-refractivity contribution in [1.29, 1.82) is 0 Å². The van der Waals surface area contributed by atoms with Crippen molar-refractivity contribution in [3.63, 3.8) is 0 Å². The van der Waals surface area contributed by atoms with Crippen molar-refractivity contribution in [2.45, 2.75) is 13.3 Å². The number of benzene rings is 2. The number of methoxy groups -OCH3 is 1. The Morgan fingerprint density at radius 3 is 2.22 bits per heavy atom. The van der Waals surface area contributed by atoms with Crippen LogP contribution in [0, 0.1) is 17.0 Å². The number of hydrogen-bond acceptors (Lipinski definition) is 4. The Morgan fingerprint density at radius 2 is 1.74 bits per heavy atom. The van der Waals surface area contributed by atoms with E-state index in [0.717, 1.165) is 12.1 Å². The second kappa shape index (κ2) is 6.15. The standard InChI is InChI=1S/C15H12F3NO4/c1-9-13(7-11(19(20)21)8-14(9)22-2)10-3-5-12(6-4-10)23-15(16,17)18/h3-8H,1-2H3. The predicted octanol–water partition coefficient (Wildman–Crippen LogP) is 4.48. The highest BCUT2D eigenvalue weighted by Gasteiger charge is 2.31. The van der Waals surface area contributed by atoms with Gasteiger partial charge in [0.1, 0.15) is 11.5 Å². The highest BCUT2D eigenvalue weighted by atomic mass is 19.4. The molecular formula is C15H12F3NO4. The molecule has 0 saturated carbocycles. The Balaban J connectivity index is 2.45. The van der Waals surface area contributed by atoms with Crippen LogP contribution < -0.4 is 9.47 Å². The van der Waals surface area contributed by atoms with Gasteiger partial charge in [0.15, 0.2) is 0 Å². The maximum atomic E-state index is 12.2. The van der Waals surface area contributed by atoms with Crippen molar-refractivity contribution in [3.8, 4) is 22.6 Å². The molecule has 0 heterocycles. The Kier molecular flexibility index (Phi) is 4.44. The summed E-state index contributed by atoms with van der Waals surface area (Å²) in [4.78, 5) is 10.4. The number of nitro groups is 1. The minimum Gasteiger partial charge on any atom is -0.496 e. The Labute approximate surface area is 129 Å². The summed E-state index contributed by atoms with van der Waals surface area (Å²) in [5.74, 6) is -0.0406. The topological polar surface area (TPSA) is 61.6 Å². The first-order valence-electron chi connectivity index (χ1n) is 6.40. The van der Waals surface area contributed by atoms with Gasteiger partial charge >= 0.3 is 6.36 Å². The van der Waals surface area contributed by atoms with Crippen LogP contribution in [0.3, 0.4) is 0 Å². The van der Waals surface area contributed by atoms with E-state index in [1.165, 1.54) is 31.4 Å². The highest BCUT2D eigenvalue weighted by molar-refractivity contribution is 5.73. The molecule has 0 amide bonds.